The summed E-state index contributed by atoms with van der Waals surface area (Å²) in [6.07, 6.45) is 1.33. The van der Waals surface area contributed by atoms with Crippen LogP contribution in [0.2, 0.25) is 0 Å². The lowest BCUT2D eigenvalue weighted by atomic mass is 9.70. The molecule has 1 fully saturated rings. The molecule has 5 atom stereocenters. The zero-order valence-electron chi connectivity index (χ0n) is 23.6. The molecule has 5 rings (SSSR count). The molecule has 2 aliphatic rings. The van der Waals surface area contributed by atoms with Crippen molar-refractivity contribution in [2.75, 3.05) is 26.7 Å². The molecular formula is C31H36BrN3O6. The quantitative estimate of drug-likeness (QED) is 0.275. The summed E-state index contributed by atoms with van der Waals surface area (Å²) < 4.78 is 18.6. The second kappa shape index (κ2) is 11.2. The van der Waals surface area contributed by atoms with Crippen molar-refractivity contribution in [1.82, 2.24) is 15.6 Å². The normalized spacial score (nSPS) is 26.6. The molecule has 1 aliphatic heterocycles. The van der Waals surface area contributed by atoms with Crippen LogP contribution in [0.1, 0.15) is 43.4 Å². The van der Waals surface area contributed by atoms with E-state index in [2.05, 4.69) is 31.5 Å². The summed E-state index contributed by atoms with van der Waals surface area (Å²) in [7, 11) is 1.51. The lowest BCUT2D eigenvalue weighted by molar-refractivity contribution is -0.152. The van der Waals surface area contributed by atoms with Crippen molar-refractivity contribution >= 4 is 22.0 Å². The molecule has 218 valence electrons. The standard InChI is InChI=1S/C31H36BrN3O6/c1-29(2,3)41-28(37)35-15-14-33-16-22-25(19-8-6-5-7-9-19)31(20-10-12-21(32)13-11-20)30(38,27(22)36)26-23(39-4)17-34-18-24(26)40-31/h5-13,17-18,22,25,27,33,36,38H,14-16H2,1-4H3,(H,35,37)/t22?,25-,27-,30+,31+/m1/s1. The molecule has 0 radical (unpaired) electrons. The predicted octanol–water partition coefficient (Wildman–Crippen LogP) is 4.22. The molecule has 10 heteroatoms. The zero-order chi connectivity index (χ0) is 29.4. The van der Waals surface area contributed by atoms with Crippen molar-refractivity contribution in [3.8, 4) is 11.5 Å². The van der Waals surface area contributed by atoms with Gasteiger partial charge >= 0.3 is 6.09 Å². The van der Waals surface area contributed by atoms with Crippen LogP contribution < -0.4 is 20.1 Å². The number of carbonyl (C=O) groups is 1. The van der Waals surface area contributed by atoms with Gasteiger partial charge in [-0.1, -0.05) is 58.4 Å². The lowest BCUT2D eigenvalue weighted by Gasteiger charge is -2.41. The van der Waals surface area contributed by atoms with Gasteiger partial charge < -0.3 is 35.1 Å². The number of methoxy groups -OCH3 is 1. The van der Waals surface area contributed by atoms with Gasteiger partial charge in [-0.3, -0.25) is 4.98 Å². The average Bonchev–Trinajstić information content (AvgIpc) is 3.31. The van der Waals surface area contributed by atoms with Crippen molar-refractivity contribution in [2.24, 2.45) is 5.92 Å². The molecule has 1 aliphatic carbocycles. The molecule has 1 amide bonds. The van der Waals surface area contributed by atoms with Gasteiger partial charge in [0.25, 0.3) is 0 Å². The number of nitrogens with one attached hydrogen (secondary N) is 2. The third kappa shape index (κ3) is 5.07. The van der Waals surface area contributed by atoms with E-state index in [1.54, 1.807) is 6.20 Å². The van der Waals surface area contributed by atoms with E-state index in [1.165, 1.54) is 13.3 Å². The number of fused-ring (bicyclic) bond motifs is 3. The first-order chi connectivity index (χ1) is 19.5. The Labute approximate surface area is 248 Å². The van der Waals surface area contributed by atoms with E-state index < -0.39 is 40.8 Å². The van der Waals surface area contributed by atoms with Gasteiger partial charge in [-0.2, -0.15) is 0 Å². The molecule has 1 saturated carbocycles. The summed E-state index contributed by atoms with van der Waals surface area (Å²) >= 11 is 3.52. The summed E-state index contributed by atoms with van der Waals surface area (Å²) in [6.45, 7) is 6.52. The van der Waals surface area contributed by atoms with Crippen LogP contribution in [-0.2, 0) is 15.9 Å². The second-order valence-corrected chi connectivity index (χ2v) is 12.4. The van der Waals surface area contributed by atoms with Crippen LogP contribution in [0.25, 0.3) is 0 Å². The summed E-state index contributed by atoms with van der Waals surface area (Å²) in [4.78, 5) is 16.3. The van der Waals surface area contributed by atoms with Gasteiger partial charge in [-0.15, -0.1) is 0 Å². The molecule has 2 aromatic carbocycles. The number of aromatic nitrogens is 1. The number of benzene rings is 2. The van der Waals surface area contributed by atoms with Crippen molar-refractivity contribution in [2.45, 2.75) is 49.6 Å². The number of hydrogen-bond acceptors (Lipinski definition) is 8. The van der Waals surface area contributed by atoms with Gasteiger partial charge in [0.2, 0.25) is 0 Å². The van der Waals surface area contributed by atoms with Crippen molar-refractivity contribution < 1.29 is 29.2 Å². The SMILES string of the molecule is COc1cncc2c1[C@]1(O)[C@H](O)C(CNCCNC(=O)OC(C)(C)C)[C@@H](c3ccccc3)[C@]1(c1ccc(Br)cc1)O2. The number of ether oxygens (including phenoxy) is 3. The lowest BCUT2D eigenvalue weighted by Crippen LogP contribution is -2.52. The zero-order valence-corrected chi connectivity index (χ0v) is 25.1. The fourth-order valence-electron chi connectivity index (χ4n) is 6.29. The summed E-state index contributed by atoms with van der Waals surface area (Å²) in [5.74, 6) is -0.264. The average molecular weight is 627 g/mol. The first kappa shape index (κ1) is 29.3. The topological polar surface area (TPSA) is 122 Å². The number of hydrogen-bond donors (Lipinski definition) is 4. The Bertz CT molecular complexity index is 1380. The Morgan fingerprint density at radius 2 is 1.80 bits per heavy atom. The molecule has 1 aromatic heterocycles. The van der Waals surface area contributed by atoms with Gasteiger partial charge in [0.1, 0.15) is 17.1 Å². The van der Waals surface area contributed by atoms with Crippen LogP contribution in [-0.4, -0.2) is 59.7 Å². The second-order valence-electron chi connectivity index (χ2n) is 11.5. The summed E-state index contributed by atoms with van der Waals surface area (Å²) in [5, 5.41) is 31.1. The highest BCUT2D eigenvalue weighted by Crippen LogP contribution is 2.69. The maximum Gasteiger partial charge on any atom is 0.407 e. The molecule has 9 nitrogen and oxygen atoms in total. The number of rotatable bonds is 8. The van der Waals surface area contributed by atoms with E-state index in [0.29, 0.717) is 42.3 Å². The summed E-state index contributed by atoms with van der Waals surface area (Å²) in [5.41, 5.74) is -1.86. The van der Waals surface area contributed by atoms with E-state index in [4.69, 9.17) is 14.2 Å². The highest BCUT2D eigenvalue weighted by Gasteiger charge is 2.76. The molecule has 0 bridgehead atoms. The van der Waals surface area contributed by atoms with Crippen LogP contribution in [0, 0.1) is 5.92 Å². The maximum atomic E-state index is 12.8. The molecular weight excluding hydrogens is 590 g/mol. The van der Waals surface area contributed by atoms with Gasteiger partial charge in [-0.05, 0) is 44.0 Å². The van der Waals surface area contributed by atoms with Gasteiger partial charge in [0.15, 0.2) is 11.2 Å². The Hall–Kier alpha value is -3.18. The third-order valence-corrected chi connectivity index (χ3v) is 8.32. The highest BCUT2D eigenvalue weighted by molar-refractivity contribution is 9.10. The molecule has 1 unspecified atom stereocenters. The van der Waals surface area contributed by atoms with E-state index >= 15 is 0 Å². The third-order valence-electron chi connectivity index (χ3n) is 7.80. The minimum absolute atomic E-state index is 0.328. The first-order valence-electron chi connectivity index (χ1n) is 13.6. The van der Waals surface area contributed by atoms with Crippen LogP contribution in [0.3, 0.4) is 0 Å². The monoisotopic (exact) mass is 625 g/mol. The van der Waals surface area contributed by atoms with E-state index in [9.17, 15) is 15.0 Å². The molecule has 4 N–H and O–H groups in total. The number of aliphatic hydroxyl groups excluding tert-OH is 1. The predicted molar refractivity (Wildman–Crippen MR) is 157 cm³/mol. The van der Waals surface area contributed by atoms with Crippen molar-refractivity contribution in [1.29, 1.82) is 0 Å². The fraction of sp³-hybridized carbons (Fsp3) is 0.419. The number of alkyl carbamates (subject to hydrolysis) is 1. The summed E-state index contributed by atoms with van der Waals surface area (Å²) in [6, 6.07) is 17.4. The molecule has 41 heavy (non-hydrogen) atoms. The number of carbonyl (C=O) groups excluding carboxylic acids is 1. The fourth-order valence-corrected chi connectivity index (χ4v) is 6.56. The number of halogens is 1. The van der Waals surface area contributed by atoms with E-state index in [-0.39, 0.29) is 0 Å². The first-order valence-corrected chi connectivity index (χ1v) is 14.4. The molecule has 2 heterocycles. The Kier molecular flexibility index (Phi) is 8.04. The molecule has 0 spiro atoms. The smallest absolute Gasteiger partial charge is 0.407 e. The Morgan fingerprint density at radius 3 is 2.46 bits per heavy atom. The number of pyridine rings is 1. The Morgan fingerprint density at radius 1 is 1.10 bits per heavy atom. The van der Waals surface area contributed by atoms with E-state index in [1.807, 2.05) is 75.4 Å². The maximum absolute atomic E-state index is 12.8. The molecule has 0 saturated heterocycles. The minimum atomic E-state index is -1.87. The van der Waals surface area contributed by atoms with Crippen LogP contribution in [0.15, 0.2) is 71.5 Å². The number of amides is 1. The van der Waals surface area contributed by atoms with Crippen molar-refractivity contribution in [3.05, 3.63) is 88.2 Å². The molecule has 3 aromatic rings. The van der Waals surface area contributed by atoms with Crippen LogP contribution in [0.4, 0.5) is 4.79 Å². The largest absolute Gasteiger partial charge is 0.495 e. The number of nitrogens with zero attached hydrogens (tertiary/aromatic N) is 1. The van der Waals surface area contributed by atoms with Crippen molar-refractivity contribution in [3.63, 3.8) is 0 Å². The van der Waals surface area contributed by atoms with Gasteiger partial charge in [-0.25, -0.2) is 4.79 Å². The van der Waals surface area contributed by atoms with Gasteiger partial charge in [0, 0.05) is 35.9 Å². The van der Waals surface area contributed by atoms with E-state index in [0.717, 1.165) is 10.0 Å². The minimum Gasteiger partial charge on any atom is -0.495 e. The van der Waals surface area contributed by atoms with Gasteiger partial charge in [0.05, 0.1) is 31.2 Å². The Balaban J connectivity index is 1.54. The highest BCUT2D eigenvalue weighted by atomic mass is 79.9. The van der Waals surface area contributed by atoms with Crippen LogP contribution in [0.5, 0.6) is 11.5 Å². The number of aliphatic hydroxyl groups is 2. The van der Waals surface area contributed by atoms with Crippen LogP contribution >= 0.6 is 15.9 Å².